The van der Waals surface area contributed by atoms with Gasteiger partial charge in [0.1, 0.15) is 0 Å². The number of hydrogen-bond donors (Lipinski definition) is 1. The Morgan fingerprint density at radius 1 is 1.38 bits per heavy atom. The van der Waals surface area contributed by atoms with Crippen LogP contribution in [0.5, 0.6) is 0 Å². The standard InChI is InChI=1S/C13H28N2O/c1-4-15(11(2)10-16-3)13-8-6-5-7-12(13)9-14/h11-13H,4-10,14H2,1-3H3. The molecule has 1 saturated carbocycles. The summed E-state index contributed by atoms with van der Waals surface area (Å²) in [4.78, 5) is 2.58. The molecular formula is C13H28N2O. The van der Waals surface area contributed by atoms with Crippen LogP contribution in [0.3, 0.4) is 0 Å². The van der Waals surface area contributed by atoms with Crippen LogP contribution in [0.4, 0.5) is 0 Å². The number of methoxy groups -OCH3 is 1. The van der Waals surface area contributed by atoms with E-state index >= 15 is 0 Å². The lowest BCUT2D eigenvalue weighted by Gasteiger charge is -2.42. The summed E-state index contributed by atoms with van der Waals surface area (Å²) in [6, 6.07) is 1.18. The fraction of sp³-hybridized carbons (Fsp3) is 1.00. The van der Waals surface area contributed by atoms with Crippen molar-refractivity contribution in [2.24, 2.45) is 11.7 Å². The predicted molar refractivity (Wildman–Crippen MR) is 68.5 cm³/mol. The molecule has 3 atom stereocenters. The average molecular weight is 228 g/mol. The first-order valence-corrected chi connectivity index (χ1v) is 6.69. The Bertz CT molecular complexity index is 187. The second-order valence-corrected chi connectivity index (χ2v) is 4.98. The SMILES string of the molecule is CCN(C(C)COC)C1CCCCC1CN. The van der Waals surface area contributed by atoms with Gasteiger partial charge in [-0.15, -0.1) is 0 Å². The average Bonchev–Trinajstić information content (AvgIpc) is 2.31. The van der Waals surface area contributed by atoms with Crippen molar-refractivity contribution in [2.45, 2.75) is 51.6 Å². The molecule has 0 aromatic carbocycles. The first kappa shape index (κ1) is 13.9. The predicted octanol–water partition coefficient (Wildman–Crippen LogP) is 1.86. The molecule has 3 nitrogen and oxygen atoms in total. The smallest absolute Gasteiger partial charge is 0.0615 e. The quantitative estimate of drug-likeness (QED) is 0.754. The molecule has 0 aromatic rings. The van der Waals surface area contributed by atoms with E-state index in [2.05, 4.69) is 18.7 Å². The van der Waals surface area contributed by atoms with Crippen LogP contribution >= 0.6 is 0 Å². The molecule has 0 heterocycles. The minimum Gasteiger partial charge on any atom is -0.383 e. The lowest BCUT2D eigenvalue weighted by molar-refractivity contribution is 0.0360. The Hall–Kier alpha value is -0.120. The van der Waals surface area contributed by atoms with Gasteiger partial charge >= 0.3 is 0 Å². The van der Waals surface area contributed by atoms with Crippen LogP contribution in [0, 0.1) is 5.92 Å². The molecule has 2 N–H and O–H groups in total. The molecular weight excluding hydrogens is 200 g/mol. The van der Waals surface area contributed by atoms with Gasteiger partial charge in [-0.1, -0.05) is 19.8 Å². The zero-order valence-corrected chi connectivity index (χ0v) is 11.1. The third-order valence-electron chi connectivity index (χ3n) is 3.94. The fourth-order valence-corrected chi connectivity index (χ4v) is 3.11. The number of ether oxygens (including phenoxy) is 1. The van der Waals surface area contributed by atoms with Crippen LogP contribution in [0.15, 0.2) is 0 Å². The molecule has 0 aliphatic heterocycles. The van der Waals surface area contributed by atoms with E-state index in [9.17, 15) is 0 Å². The van der Waals surface area contributed by atoms with E-state index in [4.69, 9.17) is 10.5 Å². The first-order chi connectivity index (χ1) is 7.74. The first-order valence-electron chi connectivity index (χ1n) is 6.69. The highest BCUT2D eigenvalue weighted by atomic mass is 16.5. The number of hydrogen-bond acceptors (Lipinski definition) is 3. The second kappa shape index (κ2) is 7.25. The highest BCUT2D eigenvalue weighted by Crippen LogP contribution is 2.28. The maximum Gasteiger partial charge on any atom is 0.0615 e. The molecule has 3 unspecified atom stereocenters. The van der Waals surface area contributed by atoms with Crippen LogP contribution in [0.1, 0.15) is 39.5 Å². The van der Waals surface area contributed by atoms with Gasteiger partial charge in [0.15, 0.2) is 0 Å². The fourth-order valence-electron chi connectivity index (χ4n) is 3.11. The Labute approximate surface area is 100 Å². The molecule has 1 rings (SSSR count). The summed E-state index contributed by atoms with van der Waals surface area (Å²) < 4.78 is 5.27. The Kier molecular flexibility index (Phi) is 6.32. The van der Waals surface area contributed by atoms with E-state index in [1.54, 1.807) is 7.11 Å². The van der Waals surface area contributed by atoms with Gasteiger partial charge in [-0.25, -0.2) is 0 Å². The van der Waals surface area contributed by atoms with Gasteiger partial charge in [0.25, 0.3) is 0 Å². The third-order valence-corrected chi connectivity index (χ3v) is 3.94. The van der Waals surface area contributed by atoms with Gasteiger partial charge in [0, 0.05) is 19.2 Å². The van der Waals surface area contributed by atoms with E-state index in [0.717, 1.165) is 19.7 Å². The van der Waals surface area contributed by atoms with E-state index in [1.165, 1.54) is 25.7 Å². The molecule has 96 valence electrons. The van der Waals surface area contributed by atoms with Crippen LogP contribution in [-0.2, 0) is 4.74 Å². The van der Waals surface area contributed by atoms with Crippen LogP contribution in [-0.4, -0.2) is 43.8 Å². The zero-order valence-electron chi connectivity index (χ0n) is 11.1. The Balaban J connectivity index is 2.61. The summed E-state index contributed by atoms with van der Waals surface area (Å²) in [5.74, 6) is 0.688. The van der Waals surface area contributed by atoms with Crippen molar-refractivity contribution < 1.29 is 4.74 Å². The summed E-state index contributed by atoms with van der Waals surface area (Å²) >= 11 is 0. The Morgan fingerprint density at radius 3 is 2.62 bits per heavy atom. The highest BCUT2D eigenvalue weighted by molar-refractivity contribution is 4.85. The summed E-state index contributed by atoms with van der Waals surface area (Å²) in [6.45, 7) is 7.26. The largest absolute Gasteiger partial charge is 0.383 e. The molecule has 16 heavy (non-hydrogen) atoms. The minimum absolute atomic E-state index is 0.507. The number of nitrogens with two attached hydrogens (primary N) is 1. The number of rotatable bonds is 6. The maximum absolute atomic E-state index is 5.90. The normalized spacial score (nSPS) is 28.3. The summed E-state index contributed by atoms with van der Waals surface area (Å²) in [5, 5.41) is 0. The molecule has 0 spiro atoms. The molecule has 1 aliphatic carbocycles. The third kappa shape index (κ3) is 3.44. The molecule has 0 radical (unpaired) electrons. The maximum atomic E-state index is 5.90. The summed E-state index contributed by atoms with van der Waals surface area (Å²) in [6.07, 6.45) is 5.33. The minimum atomic E-state index is 0.507. The van der Waals surface area contributed by atoms with Gasteiger partial charge in [0.2, 0.25) is 0 Å². The van der Waals surface area contributed by atoms with Gasteiger partial charge in [0.05, 0.1) is 6.61 Å². The lowest BCUT2D eigenvalue weighted by atomic mass is 9.83. The van der Waals surface area contributed by atoms with E-state index in [1.807, 2.05) is 0 Å². The van der Waals surface area contributed by atoms with E-state index in [-0.39, 0.29) is 0 Å². The molecule has 0 aromatic heterocycles. The van der Waals surface area contributed by atoms with E-state index in [0.29, 0.717) is 18.0 Å². The lowest BCUT2D eigenvalue weighted by Crippen LogP contribution is -2.50. The van der Waals surface area contributed by atoms with E-state index < -0.39 is 0 Å². The molecule has 1 fully saturated rings. The number of nitrogens with zero attached hydrogens (tertiary/aromatic N) is 1. The molecule has 0 bridgehead atoms. The van der Waals surface area contributed by atoms with Crippen molar-refractivity contribution in [2.75, 3.05) is 26.8 Å². The number of likely N-dealkylation sites (N-methyl/N-ethyl adjacent to an activating group) is 1. The van der Waals surface area contributed by atoms with Crippen molar-refractivity contribution in [1.29, 1.82) is 0 Å². The van der Waals surface area contributed by atoms with Crippen molar-refractivity contribution in [3.63, 3.8) is 0 Å². The van der Waals surface area contributed by atoms with Gasteiger partial charge in [-0.2, -0.15) is 0 Å². The topological polar surface area (TPSA) is 38.5 Å². The molecule has 3 heteroatoms. The summed E-state index contributed by atoms with van der Waals surface area (Å²) in [7, 11) is 1.78. The molecule has 0 amide bonds. The van der Waals surface area contributed by atoms with Crippen LogP contribution in [0.2, 0.25) is 0 Å². The molecule has 0 saturated heterocycles. The van der Waals surface area contributed by atoms with Crippen molar-refractivity contribution in [1.82, 2.24) is 4.90 Å². The van der Waals surface area contributed by atoms with Crippen molar-refractivity contribution >= 4 is 0 Å². The van der Waals surface area contributed by atoms with Gasteiger partial charge in [-0.3, -0.25) is 4.90 Å². The van der Waals surface area contributed by atoms with Crippen molar-refractivity contribution in [3.8, 4) is 0 Å². The second-order valence-electron chi connectivity index (χ2n) is 4.98. The van der Waals surface area contributed by atoms with Gasteiger partial charge in [-0.05, 0) is 38.8 Å². The van der Waals surface area contributed by atoms with Crippen LogP contribution < -0.4 is 5.73 Å². The monoisotopic (exact) mass is 228 g/mol. The van der Waals surface area contributed by atoms with Gasteiger partial charge < -0.3 is 10.5 Å². The van der Waals surface area contributed by atoms with Crippen LogP contribution in [0.25, 0.3) is 0 Å². The zero-order chi connectivity index (χ0) is 12.0. The van der Waals surface area contributed by atoms with Crippen molar-refractivity contribution in [3.05, 3.63) is 0 Å². The highest BCUT2D eigenvalue weighted by Gasteiger charge is 2.30. The molecule has 1 aliphatic rings. The Morgan fingerprint density at radius 2 is 2.06 bits per heavy atom. The summed E-state index contributed by atoms with van der Waals surface area (Å²) in [5.41, 5.74) is 5.90.